The van der Waals surface area contributed by atoms with Gasteiger partial charge in [0.1, 0.15) is 11.8 Å². The molecule has 0 spiro atoms. The van der Waals surface area contributed by atoms with Crippen LogP contribution in [0.5, 0.6) is 5.75 Å². The molecule has 2 rings (SSSR count). The standard InChI is InChI=1S/C15H19NO4/c1-9-4-3-5-12(8-9)20-10(2)14(17)16-13(15(18)19)11-6-7-11/h3-5,8,10-11,13H,6-7H2,1-2H3,(H,16,17)(H,18,19). The second-order valence-electron chi connectivity index (χ2n) is 5.24. The number of aliphatic carboxylic acids is 1. The molecular formula is C15H19NO4. The van der Waals surface area contributed by atoms with E-state index in [1.807, 2.05) is 25.1 Å². The van der Waals surface area contributed by atoms with Gasteiger partial charge in [0.2, 0.25) is 0 Å². The Balaban J connectivity index is 1.92. The predicted molar refractivity (Wildman–Crippen MR) is 73.6 cm³/mol. The highest BCUT2D eigenvalue weighted by molar-refractivity contribution is 5.86. The van der Waals surface area contributed by atoms with Crippen molar-refractivity contribution in [2.75, 3.05) is 0 Å². The number of amides is 1. The lowest BCUT2D eigenvalue weighted by molar-refractivity contribution is -0.143. The molecule has 1 amide bonds. The zero-order valence-corrected chi connectivity index (χ0v) is 11.6. The average Bonchev–Trinajstić information content (AvgIpc) is 3.19. The summed E-state index contributed by atoms with van der Waals surface area (Å²) in [6.45, 7) is 3.55. The van der Waals surface area contributed by atoms with Gasteiger partial charge in [-0.2, -0.15) is 0 Å². The first-order chi connectivity index (χ1) is 9.47. The molecule has 1 aromatic carbocycles. The maximum atomic E-state index is 12.0. The van der Waals surface area contributed by atoms with E-state index in [9.17, 15) is 9.59 Å². The quantitative estimate of drug-likeness (QED) is 0.830. The third-order valence-electron chi connectivity index (χ3n) is 3.33. The zero-order valence-electron chi connectivity index (χ0n) is 11.6. The number of carbonyl (C=O) groups excluding carboxylic acids is 1. The first kappa shape index (κ1) is 14.4. The molecule has 1 aromatic rings. The van der Waals surface area contributed by atoms with Crippen LogP contribution in [-0.2, 0) is 9.59 Å². The fraction of sp³-hybridized carbons (Fsp3) is 0.467. The van der Waals surface area contributed by atoms with Crippen LogP contribution in [0.25, 0.3) is 0 Å². The maximum absolute atomic E-state index is 12.0. The molecule has 1 fully saturated rings. The number of aryl methyl sites for hydroxylation is 1. The van der Waals surface area contributed by atoms with Gasteiger partial charge in [0.05, 0.1) is 0 Å². The molecule has 0 saturated heterocycles. The molecule has 0 radical (unpaired) electrons. The number of carboxylic acids is 1. The average molecular weight is 277 g/mol. The molecule has 1 saturated carbocycles. The molecule has 5 nitrogen and oxygen atoms in total. The van der Waals surface area contributed by atoms with E-state index < -0.39 is 24.0 Å². The second kappa shape index (κ2) is 5.94. The van der Waals surface area contributed by atoms with Gasteiger partial charge in [-0.15, -0.1) is 0 Å². The first-order valence-electron chi connectivity index (χ1n) is 6.74. The molecule has 0 bridgehead atoms. The number of hydrogen-bond acceptors (Lipinski definition) is 3. The number of rotatable bonds is 6. The van der Waals surface area contributed by atoms with E-state index in [0.29, 0.717) is 5.75 Å². The Kier molecular flexibility index (Phi) is 4.27. The van der Waals surface area contributed by atoms with Crippen molar-refractivity contribution in [2.45, 2.75) is 38.8 Å². The highest BCUT2D eigenvalue weighted by Crippen LogP contribution is 2.32. The zero-order chi connectivity index (χ0) is 14.7. The van der Waals surface area contributed by atoms with Crippen molar-refractivity contribution in [3.63, 3.8) is 0 Å². The molecule has 0 aliphatic heterocycles. The molecule has 108 valence electrons. The Labute approximate surface area is 117 Å². The van der Waals surface area contributed by atoms with E-state index in [-0.39, 0.29) is 5.92 Å². The van der Waals surface area contributed by atoms with Gasteiger partial charge >= 0.3 is 5.97 Å². The van der Waals surface area contributed by atoms with Gasteiger partial charge in [0.25, 0.3) is 5.91 Å². The molecular weight excluding hydrogens is 258 g/mol. The van der Waals surface area contributed by atoms with Crippen molar-refractivity contribution in [1.29, 1.82) is 0 Å². The third-order valence-corrected chi connectivity index (χ3v) is 3.33. The molecule has 0 heterocycles. The van der Waals surface area contributed by atoms with Crippen LogP contribution in [0.3, 0.4) is 0 Å². The number of benzene rings is 1. The normalized spacial score (nSPS) is 17.1. The summed E-state index contributed by atoms with van der Waals surface area (Å²) in [5.41, 5.74) is 1.04. The van der Waals surface area contributed by atoms with E-state index in [0.717, 1.165) is 18.4 Å². The Hall–Kier alpha value is -2.04. The van der Waals surface area contributed by atoms with Gasteiger partial charge in [-0.25, -0.2) is 4.79 Å². The molecule has 2 N–H and O–H groups in total. The van der Waals surface area contributed by atoms with Crippen molar-refractivity contribution in [1.82, 2.24) is 5.32 Å². The van der Waals surface area contributed by atoms with E-state index in [1.54, 1.807) is 13.0 Å². The van der Waals surface area contributed by atoms with Crippen LogP contribution in [0.4, 0.5) is 0 Å². The SMILES string of the molecule is Cc1cccc(OC(C)C(=O)NC(C(=O)O)C2CC2)c1. The molecule has 1 aliphatic carbocycles. The van der Waals surface area contributed by atoms with Crippen molar-refractivity contribution in [3.05, 3.63) is 29.8 Å². The first-order valence-corrected chi connectivity index (χ1v) is 6.74. The summed E-state index contributed by atoms with van der Waals surface area (Å²) in [5, 5.41) is 11.6. The van der Waals surface area contributed by atoms with E-state index in [1.165, 1.54) is 0 Å². The number of ether oxygens (including phenoxy) is 1. The Morgan fingerprint density at radius 3 is 2.65 bits per heavy atom. The molecule has 5 heteroatoms. The molecule has 0 aromatic heterocycles. The van der Waals surface area contributed by atoms with Crippen molar-refractivity contribution in [3.8, 4) is 5.75 Å². The van der Waals surface area contributed by atoms with Crippen LogP contribution in [0, 0.1) is 12.8 Å². The summed E-state index contributed by atoms with van der Waals surface area (Å²) in [6, 6.07) is 6.59. The van der Waals surface area contributed by atoms with E-state index >= 15 is 0 Å². The lowest BCUT2D eigenvalue weighted by Crippen LogP contribution is -2.47. The van der Waals surface area contributed by atoms with Crippen molar-refractivity contribution in [2.24, 2.45) is 5.92 Å². The summed E-state index contributed by atoms with van der Waals surface area (Å²) in [6.07, 6.45) is 0.978. The van der Waals surface area contributed by atoms with E-state index in [4.69, 9.17) is 9.84 Å². The van der Waals surface area contributed by atoms with Crippen LogP contribution >= 0.6 is 0 Å². The Morgan fingerprint density at radius 1 is 1.40 bits per heavy atom. The topological polar surface area (TPSA) is 75.6 Å². The lowest BCUT2D eigenvalue weighted by atomic mass is 10.2. The second-order valence-corrected chi connectivity index (χ2v) is 5.24. The summed E-state index contributed by atoms with van der Waals surface area (Å²) in [5.74, 6) is -0.719. The van der Waals surface area contributed by atoms with Gasteiger partial charge in [-0.05, 0) is 50.3 Å². The number of carbonyl (C=O) groups is 2. The molecule has 2 atom stereocenters. The van der Waals surface area contributed by atoms with Crippen LogP contribution in [0.2, 0.25) is 0 Å². The van der Waals surface area contributed by atoms with Gasteiger partial charge in [-0.3, -0.25) is 4.79 Å². The minimum atomic E-state index is -0.983. The van der Waals surface area contributed by atoms with Crippen molar-refractivity contribution >= 4 is 11.9 Å². The summed E-state index contributed by atoms with van der Waals surface area (Å²) >= 11 is 0. The third kappa shape index (κ3) is 3.73. The minimum absolute atomic E-state index is 0.0580. The van der Waals surface area contributed by atoms with Crippen LogP contribution in [0.1, 0.15) is 25.3 Å². The van der Waals surface area contributed by atoms with E-state index in [2.05, 4.69) is 5.32 Å². The Morgan fingerprint density at radius 2 is 2.10 bits per heavy atom. The lowest BCUT2D eigenvalue weighted by Gasteiger charge is -2.18. The van der Waals surface area contributed by atoms with Gasteiger partial charge in [0, 0.05) is 0 Å². The number of carboxylic acid groups (broad SMARTS) is 1. The highest BCUT2D eigenvalue weighted by atomic mass is 16.5. The maximum Gasteiger partial charge on any atom is 0.326 e. The summed E-state index contributed by atoms with van der Waals surface area (Å²) < 4.78 is 5.53. The highest BCUT2D eigenvalue weighted by Gasteiger charge is 2.38. The summed E-state index contributed by atoms with van der Waals surface area (Å²) in [7, 11) is 0. The number of nitrogens with one attached hydrogen (secondary N) is 1. The molecule has 20 heavy (non-hydrogen) atoms. The van der Waals surface area contributed by atoms with Crippen LogP contribution in [-0.4, -0.2) is 29.1 Å². The fourth-order valence-corrected chi connectivity index (χ4v) is 2.03. The number of hydrogen-bond donors (Lipinski definition) is 2. The minimum Gasteiger partial charge on any atom is -0.481 e. The van der Waals surface area contributed by atoms with Gasteiger partial charge in [-0.1, -0.05) is 12.1 Å². The largest absolute Gasteiger partial charge is 0.481 e. The van der Waals surface area contributed by atoms with Gasteiger partial charge < -0.3 is 15.2 Å². The molecule has 2 unspecified atom stereocenters. The summed E-state index contributed by atoms with van der Waals surface area (Å²) in [4.78, 5) is 23.1. The predicted octanol–water partition coefficient (Wildman–Crippen LogP) is 1.74. The van der Waals surface area contributed by atoms with Crippen LogP contribution < -0.4 is 10.1 Å². The molecule has 1 aliphatic rings. The monoisotopic (exact) mass is 277 g/mol. The Bertz CT molecular complexity index is 510. The van der Waals surface area contributed by atoms with Gasteiger partial charge in [0.15, 0.2) is 6.10 Å². The fourth-order valence-electron chi connectivity index (χ4n) is 2.03. The smallest absolute Gasteiger partial charge is 0.326 e. The van der Waals surface area contributed by atoms with Crippen molar-refractivity contribution < 1.29 is 19.4 Å². The van der Waals surface area contributed by atoms with Crippen LogP contribution in [0.15, 0.2) is 24.3 Å².